The quantitative estimate of drug-likeness (QED) is 0.895. The molecule has 0 bridgehead atoms. The van der Waals surface area contributed by atoms with Crippen LogP contribution >= 0.6 is 11.6 Å². The Morgan fingerprint density at radius 3 is 2.63 bits per heavy atom. The van der Waals surface area contributed by atoms with E-state index >= 15 is 0 Å². The average molecular weight is 277 g/mol. The number of hydrogen-bond acceptors (Lipinski definition) is 3. The molecular weight excluding hydrogens is 260 g/mol. The zero-order chi connectivity index (χ0) is 14.0. The maximum Gasteiger partial charge on any atom is 0.221 e. The van der Waals surface area contributed by atoms with Crippen LogP contribution in [0.3, 0.4) is 0 Å². The number of halogens is 1. The fraction of sp³-hybridized carbons (Fsp3) is 0.267. The standard InChI is InChI=1S/C15H17ClN2O/c1-9(2)11-8-13(10(3)7-12(11)16)19-15-6-4-5-14(17)18-15/h4-9H,1-3H3,(H2,17,18). The third-order valence-corrected chi connectivity index (χ3v) is 3.20. The molecule has 1 heterocycles. The minimum absolute atomic E-state index is 0.337. The van der Waals surface area contributed by atoms with Gasteiger partial charge in [0.25, 0.3) is 0 Å². The molecule has 100 valence electrons. The molecule has 0 spiro atoms. The Balaban J connectivity index is 2.37. The van der Waals surface area contributed by atoms with Crippen LogP contribution in [0.5, 0.6) is 11.6 Å². The fourth-order valence-electron chi connectivity index (χ4n) is 1.82. The summed E-state index contributed by atoms with van der Waals surface area (Å²) in [4.78, 5) is 4.13. The third kappa shape index (κ3) is 3.18. The summed E-state index contributed by atoms with van der Waals surface area (Å²) in [5, 5.41) is 0.764. The first kappa shape index (κ1) is 13.7. The molecule has 0 atom stereocenters. The highest BCUT2D eigenvalue weighted by atomic mass is 35.5. The first-order valence-corrected chi connectivity index (χ1v) is 6.55. The van der Waals surface area contributed by atoms with Crippen LogP contribution in [0.2, 0.25) is 5.02 Å². The summed E-state index contributed by atoms with van der Waals surface area (Å²) in [5.41, 5.74) is 7.67. The van der Waals surface area contributed by atoms with Crippen molar-refractivity contribution in [3.05, 3.63) is 46.5 Å². The van der Waals surface area contributed by atoms with Gasteiger partial charge in [0, 0.05) is 11.1 Å². The van der Waals surface area contributed by atoms with E-state index in [4.69, 9.17) is 22.1 Å². The lowest BCUT2D eigenvalue weighted by molar-refractivity contribution is 0.459. The van der Waals surface area contributed by atoms with Gasteiger partial charge in [0.1, 0.15) is 11.6 Å². The minimum Gasteiger partial charge on any atom is -0.439 e. The van der Waals surface area contributed by atoms with Gasteiger partial charge in [0.05, 0.1) is 0 Å². The van der Waals surface area contributed by atoms with E-state index in [1.54, 1.807) is 12.1 Å². The Bertz CT molecular complexity index is 597. The smallest absolute Gasteiger partial charge is 0.221 e. The van der Waals surface area contributed by atoms with Gasteiger partial charge in [0.2, 0.25) is 5.88 Å². The zero-order valence-corrected chi connectivity index (χ0v) is 12.0. The lowest BCUT2D eigenvalue weighted by Crippen LogP contribution is -1.96. The van der Waals surface area contributed by atoms with E-state index in [1.165, 1.54) is 0 Å². The van der Waals surface area contributed by atoms with Crippen LogP contribution in [0.15, 0.2) is 30.3 Å². The molecule has 0 saturated heterocycles. The molecule has 0 saturated carbocycles. The number of anilines is 1. The zero-order valence-electron chi connectivity index (χ0n) is 11.3. The van der Waals surface area contributed by atoms with Gasteiger partial charge in [-0.3, -0.25) is 0 Å². The molecule has 0 fully saturated rings. The number of pyridine rings is 1. The van der Waals surface area contributed by atoms with Gasteiger partial charge < -0.3 is 10.5 Å². The highest BCUT2D eigenvalue weighted by Gasteiger charge is 2.11. The number of ether oxygens (including phenoxy) is 1. The lowest BCUT2D eigenvalue weighted by atomic mass is 10.0. The topological polar surface area (TPSA) is 48.1 Å². The number of hydrogen-bond donors (Lipinski definition) is 1. The molecule has 2 rings (SSSR count). The van der Waals surface area contributed by atoms with E-state index in [0.717, 1.165) is 21.9 Å². The fourth-order valence-corrected chi connectivity index (χ4v) is 2.26. The maximum absolute atomic E-state index is 6.23. The summed E-state index contributed by atoms with van der Waals surface area (Å²) in [5.74, 6) is 2.02. The molecule has 19 heavy (non-hydrogen) atoms. The minimum atomic E-state index is 0.337. The van der Waals surface area contributed by atoms with Crippen molar-refractivity contribution < 1.29 is 4.74 Å². The maximum atomic E-state index is 6.23. The molecule has 1 aromatic carbocycles. The van der Waals surface area contributed by atoms with Crippen LogP contribution in [-0.4, -0.2) is 4.98 Å². The van der Waals surface area contributed by atoms with E-state index in [-0.39, 0.29) is 0 Å². The third-order valence-electron chi connectivity index (χ3n) is 2.88. The van der Waals surface area contributed by atoms with Crippen molar-refractivity contribution in [2.45, 2.75) is 26.7 Å². The van der Waals surface area contributed by atoms with Crippen LogP contribution in [-0.2, 0) is 0 Å². The van der Waals surface area contributed by atoms with Crippen molar-refractivity contribution in [1.82, 2.24) is 4.98 Å². The SMILES string of the molecule is Cc1cc(Cl)c(C(C)C)cc1Oc1cccc(N)n1. The Hall–Kier alpha value is -1.74. The molecule has 2 N–H and O–H groups in total. The second kappa shape index (κ2) is 5.49. The van der Waals surface area contributed by atoms with Gasteiger partial charge in [-0.15, -0.1) is 0 Å². The highest BCUT2D eigenvalue weighted by Crippen LogP contribution is 2.33. The number of nitrogens with zero attached hydrogens (tertiary/aromatic N) is 1. The summed E-state index contributed by atoms with van der Waals surface area (Å²) in [6, 6.07) is 9.19. The molecule has 0 radical (unpaired) electrons. The number of nitrogen functional groups attached to an aromatic ring is 1. The summed E-state index contributed by atoms with van der Waals surface area (Å²) in [6.07, 6.45) is 0. The number of aromatic nitrogens is 1. The van der Waals surface area contributed by atoms with Crippen LogP contribution in [0.4, 0.5) is 5.82 Å². The van der Waals surface area contributed by atoms with Gasteiger partial charge >= 0.3 is 0 Å². The molecule has 3 nitrogen and oxygen atoms in total. The van der Waals surface area contributed by atoms with E-state index < -0.39 is 0 Å². The predicted octanol–water partition coefficient (Wildman–Crippen LogP) is 4.54. The number of benzene rings is 1. The van der Waals surface area contributed by atoms with E-state index in [0.29, 0.717) is 17.6 Å². The average Bonchev–Trinajstić information content (AvgIpc) is 2.32. The molecule has 0 aliphatic carbocycles. The van der Waals surface area contributed by atoms with Gasteiger partial charge in [0.15, 0.2) is 0 Å². The second-order valence-electron chi connectivity index (χ2n) is 4.80. The summed E-state index contributed by atoms with van der Waals surface area (Å²) in [7, 11) is 0. The number of aryl methyl sites for hydroxylation is 1. The molecular formula is C15H17ClN2O. The van der Waals surface area contributed by atoms with E-state index in [1.807, 2.05) is 25.1 Å². The van der Waals surface area contributed by atoms with Crippen molar-refractivity contribution >= 4 is 17.4 Å². The molecule has 1 aromatic heterocycles. The Morgan fingerprint density at radius 1 is 1.26 bits per heavy atom. The second-order valence-corrected chi connectivity index (χ2v) is 5.20. The van der Waals surface area contributed by atoms with Crippen molar-refractivity contribution in [1.29, 1.82) is 0 Å². The molecule has 2 aromatic rings. The lowest BCUT2D eigenvalue weighted by Gasteiger charge is -2.14. The van der Waals surface area contributed by atoms with Crippen molar-refractivity contribution in [3.63, 3.8) is 0 Å². The van der Waals surface area contributed by atoms with E-state index in [2.05, 4.69) is 18.8 Å². The molecule has 0 amide bonds. The van der Waals surface area contributed by atoms with Crippen LogP contribution < -0.4 is 10.5 Å². The molecule has 0 unspecified atom stereocenters. The van der Waals surface area contributed by atoms with Crippen molar-refractivity contribution in [2.24, 2.45) is 0 Å². The van der Waals surface area contributed by atoms with E-state index in [9.17, 15) is 0 Å². The summed E-state index contributed by atoms with van der Waals surface area (Å²) in [6.45, 7) is 6.15. The Morgan fingerprint density at radius 2 is 2.00 bits per heavy atom. The molecule has 0 aliphatic heterocycles. The first-order valence-electron chi connectivity index (χ1n) is 6.18. The van der Waals surface area contributed by atoms with Crippen molar-refractivity contribution in [2.75, 3.05) is 5.73 Å². The van der Waals surface area contributed by atoms with Crippen LogP contribution in [0, 0.1) is 6.92 Å². The number of nitrogens with two attached hydrogens (primary N) is 1. The Labute approximate surface area is 118 Å². The van der Waals surface area contributed by atoms with Crippen molar-refractivity contribution in [3.8, 4) is 11.6 Å². The van der Waals surface area contributed by atoms with Gasteiger partial charge in [-0.25, -0.2) is 0 Å². The molecule has 0 aliphatic rings. The highest BCUT2D eigenvalue weighted by molar-refractivity contribution is 6.31. The first-order chi connectivity index (χ1) is 8.97. The monoisotopic (exact) mass is 276 g/mol. The molecule has 4 heteroatoms. The predicted molar refractivity (Wildman–Crippen MR) is 79.0 cm³/mol. The van der Waals surface area contributed by atoms with Gasteiger partial charge in [-0.05, 0) is 42.2 Å². The summed E-state index contributed by atoms with van der Waals surface area (Å²) >= 11 is 6.23. The normalized spacial score (nSPS) is 10.8. The Kier molecular flexibility index (Phi) is 3.96. The number of rotatable bonds is 3. The largest absolute Gasteiger partial charge is 0.439 e. The summed E-state index contributed by atoms with van der Waals surface area (Å²) < 4.78 is 5.79. The van der Waals surface area contributed by atoms with Gasteiger partial charge in [-0.1, -0.05) is 31.5 Å². The van der Waals surface area contributed by atoms with Crippen LogP contribution in [0.25, 0.3) is 0 Å². The van der Waals surface area contributed by atoms with Gasteiger partial charge in [-0.2, -0.15) is 4.98 Å². The van der Waals surface area contributed by atoms with Crippen LogP contribution in [0.1, 0.15) is 30.9 Å².